The number of aromatic nitrogens is 2. The molecule has 0 saturated carbocycles. The van der Waals surface area contributed by atoms with Crippen molar-refractivity contribution in [1.82, 2.24) is 9.97 Å². The van der Waals surface area contributed by atoms with Crippen LogP contribution in [0.2, 0.25) is 0 Å². The Kier molecular flexibility index (Phi) is 3.98. The van der Waals surface area contributed by atoms with Gasteiger partial charge in [-0.3, -0.25) is 10.1 Å². The number of para-hydroxylation sites is 1. The van der Waals surface area contributed by atoms with E-state index in [1.54, 1.807) is 0 Å². The molecule has 1 aromatic carbocycles. The Labute approximate surface area is 120 Å². The lowest BCUT2D eigenvalue weighted by atomic mass is 10.3. The van der Waals surface area contributed by atoms with Crippen molar-refractivity contribution in [3.63, 3.8) is 0 Å². The molecular formula is C11H7F3N4O2S. The normalized spacial score (nSPS) is 11.4. The molecule has 2 rings (SSSR count). The van der Waals surface area contributed by atoms with Gasteiger partial charge in [0.1, 0.15) is 5.03 Å². The number of alkyl halides is 3. The smallest absolute Gasteiger partial charge is 0.368 e. The molecule has 6 nitrogen and oxygen atoms in total. The van der Waals surface area contributed by atoms with Crippen molar-refractivity contribution in [2.75, 3.05) is 5.73 Å². The molecule has 0 aliphatic rings. The molecule has 0 radical (unpaired) electrons. The molecular weight excluding hydrogens is 309 g/mol. The van der Waals surface area contributed by atoms with Gasteiger partial charge in [0, 0.05) is 12.1 Å². The highest BCUT2D eigenvalue weighted by Gasteiger charge is 2.33. The molecule has 0 aliphatic carbocycles. The van der Waals surface area contributed by atoms with Crippen LogP contribution in [0.4, 0.5) is 24.8 Å². The molecule has 2 aromatic rings. The van der Waals surface area contributed by atoms with Gasteiger partial charge in [-0.25, -0.2) is 9.97 Å². The van der Waals surface area contributed by atoms with E-state index in [0.717, 1.165) is 0 Å². The molecule has 10 heteroatoms. The van der Waals surface area contributed by atoms with Gasteiger partial charge in [-0.1, -0.05) is 23.9 Å². The molecule has 0 amide bonds. The highest BCUT2D eigenvalue weighted by molar-refractivity contribution is 7.99. The molecule has 1 aromatic heterocycles. The van der Waals surface area contributed by atoms with Crippen molar-refractivity contribution in [3.8, 4) is 0 Å². The lowest BCUT2D eigenvalue weighted by molar-refractivity contribution is -0.387. The first kappa shape index (κ1) is 15.0. The summed E-state index contributed by atoms with van der Waals surface area (Å²) in [5.41, 5.74) is 3.81. The second-order valence-corrected chi connectivity index (χ2v) is 4.84. The summed E-state index contributed by atoms with van der Waals surface area (Å²) in [6.07, 6.45) is -4.67. The highest BCUT2D eigenvalue weighted by atomic mass is 32.2. The van der Waals surface area contributed by atoms with Gasteiger partial charge in [-0.2, -0.15) is 13.2 Å². The van der Waals surface area contributed by atoms with Crippen LogP contribution in [0.25, 0.3) is 0 Å². The van der Waals surface area contributed by atoms with Crippen LogP contribution in [0.1, 0.15) is 5.69 Å². The quantitative estimate of drug-likeness (QED) is 0.531. The fourth-order valence-corrected chi connectivity index (χ4v) is 2.38. The molecule has 0 bridgehead atoms. The van der Waals surface area contributed by atoms with Gasteiger partial charge >= 0.3 is 6.18 Å². The number of nitro groups is 1. The summed E-state index contributed by atoms with van der Waals surface area (Å²) >= 11 is 0.714. The number of anilines is 1. The average molecular weight is 316 g/mol. The first-order valence-electron chi connectivity index (χ1n) is 5.40. The zero-order valence-electron chi connectivity index (χ0n) is 10.2. The van der Waals surface area contributed by atoms with Crippen molar-refractivity contribution in [2.24, 2.45) is 0 Å². The van der Waals surface area contributed by atoms with Crippen LogP contribution in [0, 0.1) is 10.1 Å². The third-order valence-corrected chi connectivity index (χ3v) is 3.27. The Morgan fingerprint density at radius 3 is 2.52 bits per heavy atom. The summed E-state index contributed by atoms with van der Waals surface area (Å²) < 4.78 is 37.9. The Balaban J connectivity index is 2.41. The van der Waals surface area contributed by atoms with E-state index in [-0.39, 0.29) is 15.6 Å². The van der Waals surface area contributed by atoms with Gasteiger partial charge in [0.05, 0.1) is 9.82 Å². The first-order chi connectivity index (χ1) is 9.77. The topological polar surface area (TPSA) is 94.9 Å². The fourth-order valence-electron chi connectivity index (χ4n) is 1.45. The van der Waals surface area contributed by atoms with E-state index in [0.29, 0.717) is 17.8 Å². The van der Waals surface area contributed by atoms with Crippen LogP contribution in [0.3, 0.4) is 0 Å². The van der Waals surface area contributed by atoms with E-state index >= 15 is 0 Å². The highest BCUT2D eigenvalue weighted by Crippen LogP contribution is 2.36. The maximum absolute atomic E-state index is 12.6. The summed E-state index contributed by atoms with van der Waals surface area (Å²) in [4.78, 5) is 17.1. The van der Waals surface area contributed by atoms with E-state index in [1.165, 1.54) is 24.3 Å². The van der Waals surface area contributed by atoms with E-state index in [4.69, 9.17) is 5.73 Å². The number of halogens is 3. The van der Waals surface area contributed by atoms with Gasteiger partial charge in [-0.15, -0.1) is 0 Å². The van der Waals surface area contributed by atoms with Crippen molar-refractivity contribution in [2.45, 2.75) is 16.1 Å². The molecule has 0 saturated heterocycles. The number of nitrogen functional groups attached to an aromatic ring is 1. The predicted molar refractivity (Wildman–Crippen MR) is 68.7 cm³/mol. The standard InChI is InChI=1S/C11H7F3N4O2S/c12-11(13,14)8-5-9(17-10(15)16-8)21-7-4-2-1-3-6(7)18(19)20/h1-5H,(H2,15,16,17). The van der Waals surface area contributed by atoms with Crippen LogP contribution in [-0.2, 0) is 6.18 Å². The third kappa shape index (κ3) is 3.60. The molecule has 21 heavy (non-hydrogen) atoms. The SMILES string of the molecule is Nc1nc(Sc2ccccc2[N+](=O)[O-])cc(C(F)(F)F)n1. The Hall–Kier alpha value is -2.36. The molecule has 110 valence electrons. The number of rotatable bonds is 3. The van der Waals surface area contributed by atoms with Gasteiger partial charge in [0.15, 0.2) is 5.69 Å². The first-order valence-corrected chi connectivity index (χ1v) is 6.22. The predicted octanol–water partition coefficient (Wildman–Crippen LogP) is 3.14. The minimum Gasteiger partial charge on any atom is -0.368 e. The van der Waals surface area contributed by atoms with Crippen LogP contribution in [0.5, 0.6) is 0 Å². The zero-order valence-corrected chi connectivity index (χ0v) is 11.0. The monoisotopic (exact) mass is 316 g/mol. The maximum Gasteiger partial charge on any atom is 0.433 e. The van der Waals surface area contributed by atoms with Crippen molar-refractivity contribution in [1.29, 1.82) is 0 Å². The van der Waals surface area contributed by atoms with Gasteiger partial charge < -0.3 is 5.73 Å². The Bertz CT molecular complexity index is 693. The van der Waals surface area contributed by atoms with E-state index in [9.17, 15) is 23.3 Å². The maximum atomic E-state index is 12.6. The van der Waals surface area contributed by atoms with E-state index in [1.807, 2.05) is 0 Å². The van der Waals surface area contributed by atoms with Crippen LogP contribution in [-0.4, -0.2) is 14.9 Å². The van der Waals surface area contributed by atoms with Crippen LogP contribution in [0.15, 0.2) is 40.3 Å². The average Bonchev–Trinajstić information content (AvgIpc) is 2.37. The lowest BCUT2D eigenvalue weighted by Crippen LogP contribution is -2.11. The number of hydrogen-bond acceptors (Lipinski definition) is 6. The number of benzene rings is 1. The minimum atomic E-state index is -4.67. The van der Waals surface area contributed by atoms with Crippen molar-refractivity contribution >= 4 is 23.4 Å². The molecule has 0 fully saturated rings. The minimum absolute atomic E-state index is 0.121. The van der Waals surface area contributed by atoms with Gasteiger partial charge in [-0.05, 0) is 6.07 Å². The van der Waals surface area contributed by atoms with E-state index in [2.05, 4.69) is 9.97 Å². The summed E-state index contributed by atoms with van der Waals surface area (Å²) in [6.45, 7) is 0. The second kappa shape index (κ2) is 5.56. The molecule has 2 N–H and O–H groups in total. The van der Waals surface area contributed by atoms with Crippen LogP contribution >= 0.6 is 11.8 Å². The molecule has 0 aliphatic heterocycles. The molecule has 0 unspecified atom stereocenters. The zero-order chi connectivity index (χ0) is 15.6. The second-order valence-electron chi connectivity index (χ2n) is 3.77. The van der Waals surface area contributed by atoms with Gasteiger partial charge in [0.25, 0.3) is 5.69 Å². The third-order valence-electron chi connectivity index (χ3n) is 2.29. The summed E-state index contributed by atoms with van der Waals surface area (Å²) in [5.74, 6) is -0.550. The molecule has 1 heterocycles. The largest absolute Gasteiger partial charge is 0.433 e. The summed E-state index contributed by atoms with van der Waals surface area (Å²) in [5, 5.41) is 10.7. The van der Waals surface area contributed by atoms with Crippen molar-refractivity contribution in [3.05, 3.63) is 46.1 Å². The number of nitro benzene ring substituents is 1. The van der Waals surface area contributed by atoms with Crippen molar-refractivity contribution < 1.29 is 18.1 Å². The number of hydrogen-bond donors (Lipinski definition) is 1. The lowest BCUT2D eigenvalue weighted by Gasteiger charge is -2.08. The number of nitrogens with zero attached hydrogens (tertiary/aromatic N) is 3. The van der Waals surface area contributed by atoms with Crippen LogP contribution < -0.4 is 5.73 Å². The Morgan fingerprint density at radius 2 is 1.90 bits per heavy atom. The summed E-state index contributed by atoms with van der Waals surface area (Å²) in [6, 6.07) is 6.34. The fraction of sp³-hybridized carbons (Fsp3) is 0.0909. The number of nitrogens with two attached hydrogens (primary N) is 1. The summed E-state index contributed by atoms with van der Waals surface area (Å²) in [7, 11) is 0. The Morgan fingerprint density at radius 1 is 1.24 bits per heavy atom. The van der Waals surface area contributed by atoms with E-state index < -0.39 is 22.7 Å². The molecule has 0 spiro atoms. The molecule has 0 atom stereocenters. The van der Waals surface area contributed by atoms with Gasteiger partial charge in [0.2, 0.25) is 5.95 Å².